The van der Waals surface area contributed by atoms with Crippen LogP contribution in [0.4, 0.5) is 5.69 Å². The van der Waals surface area contributed by atoms with Gasteiger partial charge in [-0.1, -0.05) is 25.4 Å². The van der Waals surface area contributed by atoms with Gasteiger partial charge in [-0.15, -0.1) is 0 Å². The molecule has 0 N–H and O–H groups in total. The number of hydrogen-bond donors (Lipinski definition) is 0. The summed E-state index contributed by atoms with van der Waals surface area (Å²) in [7, 11) is 0. The average Bonchev–Trinajstić information content (AvgIpc) is 2.67. The molecular weight excluding hydrogens is 372 g/mol. The van der Waals surface area contributed by atoms with Gasteiger partial charge < -0.3 is 9.80 Å². The van der Waals surface area contributed by atoms with E-state index in [0.29, 0.717) is 23.4 Å². The number of aromatic nitrogens is 1. The Kier molecular flexibility index (Phi) is 5.74. The van der Waals surface area contributed by atoms with E-state index in [4.69, 9.17) is 11.6 Å². The number of piperidine rings is 1. The van der Waals surface area contributed by atoms with Gasteiger partial charge in [0.25, 0.3) is 0 Å². The van der Waals surface area contributed by atoms with Gasteiger partial charge >= 0.3 is 0 Å². The smallest absolute Gasteiger partial charge is 0.236 e. The normalized spacial score (nSPS) is 24.0. The first-order chi connectivity index (χ1) is 13.5. The van der Waals surface area contributed by atoms with E-state index < -0.39 is 0 Å². The molecule has 1 amide bonds. The number of benzene rings is 1. The van der Waals surface area contributed by atoms with Crippen LogP contribution in [0.15, 0.2) is 30.5 Å². The van der Waals surface area contributed by atoms with Gasteiger partial charge in [-0.3, -0.25) is 14.7 Å². The fraction of sp³-hybridized carbons (Fsp3) is 0.545. The third kappa shape index (κ3) is 4.26. The second kappa shape index (κ2) is 8.26. The van der Waals surface area contributed by atoms with Crippen molar-refractivity contribution in [2.24, 2.45) is 11.8 Å². The summed E-state index contributed by atoms with van der Waals surface area (Å²) in [6, 6.07) is 7.96. The average molecular weight is 401 g/mol. The first-order valence-corrected chi connectivity index (χ1v) is 10.7. The highest BCUT2D eigenvalue weighted by molar-refractivity contribution is 6.31. The molecule has 0 aliphatic carbocycles. The number of nitrogens with zero attached hydrogens (tertiary/aromatic N) is 4. The lowest BCUT2D eigenvalue weighted by molar-refractivity contribution is -0.135. The zero-order valence-corrected chi connectivity index (χ0v) is 17.5. The van der Waals surface area contributed by atoms with Crippen molar-refractivity contribution in [1.82, 2.24) is 14.8 Å². The lowest BCUT2D eigenvalue weighted by Crippen LogP contribution is -2.52. The van der Waals surface area contributed by atoms with Gasteiger partial charge in [0.2, 0.25) is 5.91 Å². The van der Waals surface area contributed by atoms with Crippen molar-refractivity contribution in [3.05, 3.63) is 35.5 Å². The molecule has 0 bridgehead atoms. The number of halogens is 1. The first-order valence-electron chi connectivity index (χ1n) is 10.3. The number of pyridine rings is 1. The molecule has 1 aromatic carbocycles. The van der Waals surface area contributed by atoms with Gasteiger partial charge in [0.15, 0.2) is 0 Å². The van der Waals surface area contributed by atoms with Gasteiger partial charge in [0.05, 0.1) is 12.1 Å². The maximum Gasteiger partial charge on any atom is 0.236 e. The van der Waals surface area contributed by atoms with Gasteiger partial charge in [0.1, 0.15) is 0 Å². The molecule has 0 spiro atoms. The maximum absolute atomic E-state index is 12.8. The Hall–Kier alpha value is -1.85. The topological polar surface area (TPSA) is 39.7 Å². The monoisotopic (exact) mass is 400 g/mol. The van der Waals surface area contributed by atoms with Crippen molar-refractivity contribution in [3.8, 4) is 0 Å². The summed E-state index contributed by atoms with van der Waals surface area (Å²) in [6.45, 7) is 10.5. The Bertz CT molecular complexity index is 840. The minimum absolute atomic E-state index is 0.288. The number of fused-ring (bicyclic) bond motifs is 1. The quantitative estimate of drug-likeness (QED) is 0.790. The number of anilines is 1. The second-order valence-electron chi connectivity index (χ2n) is 8.50. The van der Waals surface area contributed by atoms with Crippen molar-refractivity contribution in [1.29, 1.82) is 0 Å². The molecule has 0 saturated carbocycles. The molecule has 4 rings (SSSR count). The third-order valence-electron chi connectivity index (χ3n) is 5.98. The Morgan fingerprint density at radius 1 is 1.11 bits per heavy atom. The fourth-order valence-electron chi connectivity index (χ4n) is 4.69. The van der Waals surface area contributed by atoms with Crippen molar-refractivity contribution < 1.29 is 4.79 Å². The lowest BCUT2D eigenvalue weighted by atomic mass is 9.92. The Balaban J connectivity index is 1.37. The Morgan fingerprint density at radius 2 is 1.82 bits per heavy atom. The molecular formula is C22H29ClN4O. The molecule has 1 aromatic heterocycles. The second-order valence-corrected chi connectivity index (χ2v) is 8.94. The van der Waals surface area contributed by atoms with Crippen molar-refractivity contribution in [3.63, 3.8) is 0 Å². The standard InChI is InChI=1S/C22H29ClN4O/c1-16-11-17(2)14-27(13-16)22(28)15-25-7-9-26(10-8-25)21-5-6-24-20-12-18(23)3-4-19(20)21/h3-6,12,16-17H,7-11,13-15H2,1-2H3. The molecule has 5 nitrogen and oxygen atoms in total. The summed E-state index contributed by atoms with van der Waals surface area (Å²) in [4.78, 5) is 24.0. The summed E-state index contributed by atoms with van der Waals surface area (Å²) in [5.74, 6) is 1.51. The van der Waals surface area contributed by atoms with Gasteiger partial charge in [-0.05, 0) is 42.5 Å². The molecule has 28 heavy (non-hydrogen) atoms. The van der Waals surface area contributed by atoms with Gasteiger partial charge in [0, 0.05) is 61.6 Å². The SMILES string of the molecule is CC1CC(C)CN(C(=O)CN2CCN(c3ccnc4cc(Cl)ccc34)CC2)C1. The van der Waals surface area contributed by atoms with Crippen LogP contribution in [-0.4, -0.2) is 66.5 Å². The molecule has 2 aliphatic heterocycles. The van der Waals surface area contributed by atoms with E-state index in [0.717, 1.165) is 50.2 Å². The van der Waals surface area contributed by atoms with Crippen LogP contribution in [0.3, 0.4) is 0 Å². The number of carbonyl (C=O) groups is 1. The van der Waals surface area contributed by atoms with Gasteiger partial charge in [-0.25, -0.2) is 0 Å². The van der Waals surface area contributed by atoms with E-state index in [1.165, 1.54) is 12.1 Å². The fourth-order valence-corrected chi connectivity index (χ4v) is 4.85. The summed E-state index contributed by atoms with van der Waals surface area (Å²) in [5, 5.41) is 1.84. The molecule has 150 valence electrons. The van der Waals surface area contributed by atoms with E-state index in [2.05, 4.69) is 45.7 Å². The highest BCUT2D eigenvalue weighted by atomic mass is 35.5. The maximum atomic E-state index is 12.8. The molecule has 2 aliphatic rings. The summed E-state index contributed by atoms with van der Waals surface area (Å²) in [6.07, 6.45) is 3.08. The molecule has 6 heteroatoms. The summed E-state index contributed by atoms with van der Waals surface area (Å²) >= 11 is 6.11. The molecule has 2 aromatic rings. The number of hydrogen-bond acceptors (Lipinski definition) is 4. The van der Waals surface area contributed by atoms with Crippen LogP contribution in [0.1, 0.15) is 20.3 Å². The highest BCUT2D eigenvalue weighted by Crippen LogP contribution is 2.28. The summed E-state index contributed by atoms with van der Waals surface area (Å²) < 4.78 is 0. The van der Waals surface area contributed by atoms with Crippen LogP contribution in [0.5, 0.6) is 0 Å². The highest BCUT2D eigenvalue weighted by Gasteiger charge is 2.27. The zero-order valence-electron chi connectivity index (χ0n) is 16.8. The van der Waals surface area contributed by atoms with Crippen LogP contribution in [0.2, 0.25) is 5.02 Å². The minimum Gasteiger partial charge on any atom is -0.368 e. The zero-order chi connectivity index (χ0) is 19.7. The minimum atomic E-state index is 0.288. The van der Waals surface area contributed by atoms with Crippen molar-refractivity contribution >= 4 is 34.1 Å². The molecule has 2 saturated heterocycles. The first kappa shape index (κ1) is 19.5. The molecule has 2 fully saturated rings. The number of piperazine rings is 1. The molecule has 0 radical (unpaired) electrons. The number of rotatable bonds is 3. The van der Waals surface area contributed by atoms with E-state index >= 15 is 0 Å². The van der Waals surface area contributed by atoms with Crippen LogP contribution < -0.4 is 4.90 Å². The van der Waals surface area contributed by atoms with E-state index in [1.54, 1.807) is 0 Å². The third-order valence-corrected chi connectivity index (χ3v) is 6.21. The van der Waals surface area contributed by atoms with Gasteiger partial charge in [-0.2, -0.15) is 0 Å². The van der Waals surface area contributed by atoms with E-state index in [1.807, 2.05) is 18.3 Å². The number of amides is 1. The largest absolute Gasteiger partial charge is 0.368 e. The lowest BCUT2D eigenvalue weighted by Gasteiger charge is -2.39. The number of likely N-dealkylation sites (tertiary alicyclic amines) is 1. The van der Waals surface area contributed by atoms with E-state index in [9.17, 15) is 4.79 Å². The predicted molar refractivity (Wildman–Crippen MR) is 115 cm³/mol. The van der Waals surface area contributed by atoms with Crippen molar-refractivity contribution in [2.45, 2.75) is 20.3 Å². The van der Waals surface area contributed by atoms with Crippen LogP contribution >= 0.6 is 11.6 Å². The van der Waals surface area contributed by atoms with Crippen molar-refractivity contribution in [2.75, 3.05) is 50.7 Å². The number of carbonyl (C=O) groups excluding carboxylic acids is 1. The van der Waals surface area contributed by atoms with Crippen LogP contribution in [0.25, 0.3) is 10.9 Å². The van der Waals surface area contributed by atoms with E-state index in [-0.39, 0.29) is 5.91 Å². The Labute approximate surface area is 172 Å². The predicted octanol–water partition coefficient (Wildman–Crippen LogP) is 3.51. The van der Waals surface area contributed by atoms with Crippen LogP contribution in [0, 0.1) is 11.8 Å². The van der Waals surface area contributed by atoms with Crippen LogP contribution in [-0.2, 0) is 4.79 Å². The Morgan fingerprint density at radius 3 is 2.54 bits per heavy atom. The molecule has 2 atom stereocenters. The molecule has 2 unspecified atom stereocenters. The molecule has 3 heterocycles. The summed E-state index contributed by atoms with van der Waals surface area (Å²) in [5.41, 5.74) is 2.13.